The highest BCUT2D eigenvalue weighted by atomic mass is 28.4. The number of esters is 1. The average Bonchev–Trinajstić information content (AvgIpc) is 2.41. The zero-order valence-electron chi connectivity index (χ0n) is 20.5. The predicted octanol–water partition coefficient (Wildman–Crippen LogP) is 6.54. The quantitative estimate of drug-likeness (QED) is 0.189. The van der Waals surface area contributed by atoms with E-state index in [1.54, 1.807) is 6.92 Å². The van der Waals surface area contributed by atoms with Gasteiger partial charge in [0.15, 0.2) is 16.6 Å². The third kappa shape index (κ3) is 12.2. The fourth-order valence-electron chi connectivity index (χ4n) is 3.99. The van der Waals surface area contributed by atoms with Crippen LogP contribution in [0.3, 0.4) is 0 Å². The molecule has 1 unspecified atom stereocenters. The molecule has 0 fully saturated rings. The first kappa shape index (κ1) is 27.6. The van der Waals surface area contributed by atoms with Gasteiger partial charge in [-0.15, -0.1) is 0 Å². The Morgan fingerprint density at radius 3 is 2.04 bits per heavy atom. The molecule has 0 N–H and O–H groups in total. The molecule has 0 spiro atoms. The van der Waals surface area contributed by atoms with E-state index in [0.29, 0.717) is 18.1 Å². The molecule has 0 aliphatic carbocycles. The lowest BCUT2D eigenvalue weighted by atomic mass is 9.95. The Labute approximate surface area is 176 Å². The van der Waals surface area contributed by atoms with Gasteiger partial charge < -0.3 is 13.6 Å². The Morgan fingerprint density at radius 2 is 1.57 bits per heavy atom. The molecule has 28 heavy (non-hydrogen) atoms. The van der Waals surface area contributed by atoms with Crippen molar-refractivity contribution >= 4 is 22.6 Å². The van der Waals surface area contributed by atoms with Crippen molar-refractivity contribution in [3.05, 3.63) is 12.2 Å². The highest BCUT2D eigenvalue weighted by Crippen LogP contribution is 2.31. The maximum atomic E-state index is 11.8. The maximum absolute atomic E-state index is 11.8. The van der Waals surface area contributed by atoms with Gasteiger partial charge in [0, 0.05) is 5.57 Å². The van der Waals surface area contributed by atoms with Crippen molar-refractivity contribution < 1.29 is 18.4 Å². The van der Waals surface area contributed by atoms with E-state index in [-0.39, 0.29) is 11.6 Å². The van der Waals surface area contributed by atoms with Crippen LogP contribution in [0.4, 0.5) is 0 Å². The number of carbonyl (C=O) groups is 1. The number of rotatable bonds is 13. The molecule has 0 saturated heterocycles. The summed E-state index contributed by atoms with van der Waals surface area (Å²) in [7, 11) is -3.26. The third-order valence-electron chi connectivity index (χ3n) is 4.61. The molecule has 0 bridgehead atoms. The van der Waals surface area contributed by atoms with Gasteiger partial charge in [-0.25, -0.2) is 4.79 Å². The van der Waals surface area contributed by atoms with E-state index in [0.717, 1.165) is 12.5 Å². The molecule has 0 heterocycles. The molecule has 0 rings (SSSR count). The van der Waals surface area contributed by atoms with Crippen LogP contribution in [-0.4, -0.2) is 40.4 Å². The monoisotopic (exact) mass is 430 g/mol. The third-order valence-corrected chi connectivity index (χ3v) is 12.4. The minimum absolute atomic E-state index is 0.285. The van der Waals surface area contributed by atoms with Crippen LogP contribution in [0.1, 0.15) is 61.3 Å². The molecule has 0 aromatic rings. The molecule has 166 valence electrons. The predicted molar refractivity (Wildman–Crippen MR) is 125 cm³/mol. The molecular formula is C22H46O4Si2. The van der Waals surface area contributed by atoms with E-state index in [1.807, 2.05) is 13.8 Å². The van der Waals surface area contributed by atoms with Crippen molar-refractivity contribution in [1.29, 1.82) is 0 Å². The Kier molecular flexibility index (Phi) is 10.4. The van der Waals surface area contributed by atoms with Gasteiger partial charge in [0.25, 0.3) is 0 Å². The van der Waals surface area contributed by atoms with Crippen LogP contribution in [-0.2, 0) is 18.4 Å². The minimum atomic E-state index is -1.71. The summed E-state index contributed by atoms with van der Waals surface area (Å²) in [6.07, 6.45) is 2.15. The van der Waals surface area contributed by atoms with Gasteiger partial charge >= 0.3 is 5.97 Å². The second kappa shape index (κ2) is 10.6. The normalized spacial score (nSPS) is 14.7. The van der Waals surface area contributed by atoms with Crippen molar-refractivity contribution in [3.63, 3.8) is 0 Å². The summed E-state index contributed by atoms with van der Waals surface area (Å²) in [5.41, 5.74) is -0.556. The van der Waals surface area contributed by atoms with Crippen molar-refractivity contribution in [3.8, 4) is 0 Å². The summed E-state index contributed by atoms with van der Waals surface area (Å²) in [4.78, 5) is 11.8. The fourth-order valence-corrected chi connectivity index (χ4v) is 13.7. The van der Waals surface area contributed by atoms with Gasteiger partial charge in [0.1, 0.15) is 5.60 Å². The molecule has 0 aliphatic rings. The first-order valence-corrected chi connectivity index (χ1v) is 16.9. The largest absolute Gasteiger partial charge is 0.455 e. The van der Waals surface area contributed by atoms with Crippen LogP contribution >= 0.6 is 0 Å². The molecular weight excluding hydrogens is 384 g/mol. The number of ether oxygens (including phenoxy) is 2. The Balaban J connectivity index is 4.70. The highest BCUT2D eigenvalue weighted by molar-refractivity contribution is 6.84. The lowest BCUT2D eigenvalue weighted by Crippen LogP contribution is -2.45. The van der Waals surface area contributed by atoms with Crippen molar-refractivity contribution in [2.24, 2.45) is 5.92 Å². The Hall–Kier alpha value is -0.436. The van der Waals surface area contributed by atoms with Crippen molar-refractivity contribution in [1.82, 2.24) is 0 Å². The molecule has 0 aliphatic heterocycles. The number of hydrogen-bond donors (Lipinski definition) is 0. The van der Waals surface area contributed by atoms with Crippen molar-refractivity contribution in [2.75, 3.05) is 6.61 Å². The van der Waals surface area contributed by atoms with Crippen LogP contribution in [0.2, 0.25) is 38.3 Å². The molecule has 0 amide bonds. The standard InChI is InChI=1S/C22H46O4Si2/c1-13-14-27(9,10)26-28(11,12)16-19(4)15-21(5,6)24-17-22(7,8)25-20(23)18(2)3/h19H,2,13-17H2,1,3-12H3. The van der Waals surface area contributed by atoms with Crippen LogP contribution in [0, 0.1) is 5.92 Å². The second-order valence-corrected chi connectivity index (χ2v) is 19.6. The van der Waals surface area contributed by atoms with E-state index in [1.165, 1.54) is 12.5 Å². The maximum Gasteiger partial charge on any atom is 0.333 e. The average molecular weight is 431 g/mol. The van der Waals surface area contributed by atoms with E-state index in [2.05, 4.69) is 60.5 Å². The molecule has 0 saturated carbocycles. The SMILES string of the molecule is C=C(C)C(=O)OC(C)(C)COC(C)(C)CC(C)C[Si](C)(C)O[Si](C)(C)CCC. The van der Waals surface area contributed by atoms with Crippen LogP contribution in [0.5, 0.6) is 0 Å². The Morgan fingerprint density at radius 1 is 1.04 bits per heavy atom. The first-order chi connectivity index (χ1) is 12.4. The molecule has 0 aromatic heterocycles. The van der Waals surface area contributed by atoms with Crippen LogP contribution < -0.4 is 0 Å². The lowest BCUT2D eigenvalue weighted by molar-refractivity contribution is -0.164. The Bertz CT molecular complexity index is 525. The smallest absolute Gasteiger partial charge is 0.333 e. The van der Waals surface area contributed by atoms with Gasteiger partial charge in [-0.1, -0.05) is 26.8 Å². The lowest BCUT2D eigenvalue weighted by Gasteiger charge is -2.38. The van der Waals surface area contributed by atoms with Gasteiger partial charge in [-0.2, -0.15) is 0 Å². The van der Waals surface area contributed by atoms with Gasteiger partial charge in [-0.3, -0.25) is 0 Å². The summed E-state index contributed by atoms with van der Waals surface area (Å²) in [6.45, 7) is 27.6. The summed E-state index contributed by atoms with van der Waals surface area (Å²) in [6, 6.07) is 2.36. The van der Waals surface area contributed by atoms with Crippen molar-refractivity contribution in [2.45, 2.75) is 111 Å². The van der Waals surface area contributed by atoms with Gasteiger partial charge in [-0.05, 0) is 85.2 Å². The molecule has 4 nitrogen and oxygen atoms in total. The summed E-state index contributed by atoms with van der Waals surface area (Å²) in [5, 5.41) is 0. The molecule has 1 atom stereocenters. The van der Waals surface area contributed by atoms with E-state index in [4.69, 9.17) is 13.6 Å². The molecule has 6 heteroatoms. The summed E-state index contributed by atoms with van der Waals surface area (Å²) >= 11 is 0. The van der Waals surface area contributed by atoms with Crippen LogP contribution in [0.15, 0.2) is 12.2 Å². The van der Waals surface area contributed by atoms with E-state index < -0.39 is 22.2 Å². The second-order valence-electron chi connectivity index (χ2n) is 10.9. The summed E-state index contributed by atoms with van der Waals surface area (Å²) in [5.74, 6) is 0.146. The highest BCUT2D eigenvalue weighted by Gasteiger charge is 2.35. The topological polar surface area (TPSA) is 44.8 Å². The van der Waals surface area contributed by atoms with Gasteiger partial charge in [0.2, 0.25) is 0 Å². The number of hydrogen-bond acceptors (Lipinski definition) is 4. The summed E-state index contributed by atoms with van der Waals surface area (Å²) < 4.78 is 18.4. The van der Waals surface area contributed by atoms with E-state index in [9.17, 15) is 4.79 Å². The van der Waals surface area contributed by atoms with Gasteiger partial charge in [0.05, 0.1) is 12.2 Å². The molecule has 0 aromatic carbocycles. The van der Waals surface area contributed by atoms with E-state index >= 15 is 0 Å². The molecule has 0 radical (unpaired) electrons. The van der Waals surface area contributed by atoms with Crippen LogP contribution in [0.25, 0.3) is 0 Å². The minimum Gasteiger partial charge on any atom is -0.455 e. The zero-order chi connectivity index (χ0) is 22.4. The fraction of sp³-hybridized carbons (Fsp3) is 0.864. The zero-order valence-corrected chi connectivity index (χ0v) is 22.5. The number of carbonyl (C=O) groups excluding carboxylic acids is 1. The first-order valence-electron chi connectivity index (χ1n) is 10.6.